The first-order valence-electron chi connectivity index (χ1n) is 3.64. The Morgan fingerprint density at radius 2 is 2.38 bits per heavy atom. The monoisotopic (exact) mass is 255 g/mol. The first-order valence-corrected chi connectivity index (χ1v) is 4.81. The van der Waals surface area contributed by atoms with Gasteiger partial charge in [-0.05, 0) is 34.1 Å². The van der Waals surface area contributed by atoms with Crippen LogP contribution in [-0.2, 0) is 0 Å². The van der Waals surface area contributed by atoms with Crippen molar-refractivity contribution in [2.75, 3.05) is 0 Å². The van der Waals surface area contributed by atoms with Gasteiger partial charge in [0.2, 0.25) is 0 Å². The van der Waals surface area contributed by atoms with Crippen LogP contribution in [0.4, 0.5) is 0 Å². The molecule has 4 heteroatoms. The third-order valence-corrected chi connectivity index (χ3v) is 2.27. The summed E-state index contributed by atoms with van der Waals surface area (Å²) in [5, 5.41) is 0.599. The van der Waals surface area contributed by atoms with Crippen LogP contribution in [0.15, 0.2) is 35.1 Å². The molecule has 2 nitrogen and oxygen atoms in total. The lowest BCUT2D eigenvalue weighted by molar-refractivity contribution is 0.998. The molecule has 0 amide bonds. The Bertz CT molecular complexity index is 412. The minimum absolute atomic E-state index is 0.599. The van der Waals surface area contributed by atoms with Gasteiger partial charge in [-0.15, -0.1) is 0 Å². The highest BCUT2D eigenvalue weighted by Gasteiger charge is 2.03. The van der Waals surface area contributed by atoms with Gasteiger partial charge in [-0.2, -0.15) is 0 Å². The molecule has 0 unspecified atom stereocenters. The van der Waals surface area contributed by atoms with E-state index in [2.05, 4.69) is 27.1 Å². The normalized spacial score (nSPS) is 10.3. The van der Waals surface area contributed by atoms with Crippen LogP contribution < -0.4 is 0 Å². The van der Waals surface area contributed by atoms with Crippen molar-refractivity contribution in [3.63, 3.8) is 0 Å². The summed E-state index contributed by atoms with van der Waals surface area (Å²) in [6.45, 7) is 0. The molecule has 0 aliphatic carbocycles. The smallest absolute Gasteiger partial charge is 0.156 e. The summed E-state index contributed by atoms with van der Waals surface area (Å²) >= 11 is 9.28. The van der Waals surface area contributed by atoms with Crippen molar-refractivity contribution < 1.29 is 0 Å². The van der Waals surface area contributed by atoms with Crippen molar-refractivity contribution in [3.8, 4) is 5.82 Å². The molecule has 0 aliphatic rings. The van der Waals surface area contributed by atoms with E-state index in [1.54, 1.807) is 22.9 Å². The van der Waals surface area contributed by atoms with Crippen molar-refractivity contribution >= 4 is 27.5 Å². The molecule has 2 rings (SSSR count). The van der Waals surface area contributed by atoms with Crippen LogP contribution in [0.1, 0.15) is 0 Å². The Labute approximate surface area is 89.3 Å². The van der Waals surface area contributed by atoms with Gasteiger partial charge in [-0.25, -0.2) is 4.98 Å². The molecule has 2 aromatic rings. The third kappa shape index (κ3) is 1.76. The minimum atomic E-state index is 0.599. The molecule has 0 saturated carbocycles. The Kier molecular flexibility index (Phi) is 2.38. The van der Waals surface area contributed by atoms with E-state index in [1.807, 2.05) is 12.3 Å². The topological polar surface area (TPSA) is 17.8 Å². The molecule has 0 N–H and O–H groups in total. The summed E-state index contributed by atoms with van der Waals surface area (Å²) in [4.78, 5) is 4.17. The Hall–Kier alpha value is -0.800. The first-order chi connectivity index (χ1) is 6.27. The van der Waals surface area contributed by atoms with Crippen molar-refractivity contribution in [3.05, 3.63) is 46.3 Å². The zero-order valence-corrected chi connectivity index (χ0v) is 8.88. The van der Waals surface area contributed by atoms with Crippen LogP contribution in [0.25, 0.3) is 5.82 Å². The van der Waals surface area contributed by atoms with E-state index >= 15 is 0 Å². The molecule has 0 fully saturated rings. The van der Waals surface area contributed by atoms with Crippen molar-refractivity contribution in [1.82, 2.24) is 9.55 Å². The lowest BCUT2D eigenvalue weighted by Crippen LogP contribution is -1.94. The highest BCUT2D eigenvalue weighted by atomic mass is 79.9. The standard InChI is InChI=1S/C9H5BrClN2/c10-7-5-8(11)9(12-6-7)13-3-1-2-4-13/h1-3,5-6H. The third-order valence-electron chi connectivity index (χ3n) is 1.56. The van der Waals surface area contributed by atoms with E-state index < -0.39 is 0 Å². The number of hydrogen-bond donors (Lipinski definition) is 0. The van der Waals surface area contributed by atoms with E-state index in [9.17, 15) is 0 Å². The maximum atomic E-state index is 5.99. The number of halogens is 2. The van der Waals surface area contributed by atoms with Crippen LogP contribution in [0.5, 0.6) is 0 Å². The summed E-state index contributed by atoms with van der Waals surface area (Å²) in [6, 6.07) is 5.48. The number of aromatic nitrogens is 2. The van der Waals surface area contributed by atoms with E-state index in [0.717, 1.165) is 4.47 Å². The molecule has 65 valence electrons. The fourth-order valence-corrected chi connectivity index (χ4v) is 1.73. The molecule has 0 aromatic carbocycles. The van der Waals surface area contributed by atoms with Crippen LogP contribution in [-0.4, -0.2) is 9.55 Å². The second-order valence-corrected chi connectivity index (χ2v) is 3.79. The first kappa shape index (κ1) is 8.78. The lowest BCUT2D eigenvalue weighted by atomic mass is 10.4. The summed E-state index contributed by atoms with van der Waals surface area (Å²) < 4.78 is 2.61. The highest BCUT2D eigenvalue weighted by Crippen LogP contribution is 2.21. The lowest BCUT2D eigenvalue weighted by Gasteiger charge is -2.03. The highest BCUT2D eigenvalue weighted by molar-refractivity contribution is 9.10. The van der Waals surface area contributed by atoms with Crippen molar-refractivity contribution in [2.45, 2.75) is 0 Å². The molecular weight excluding hydrogens is 251 g/mol. The molecule has 0 atom stereocenters. The van der Waals surface area contributed by atoms with Crippen LogP contribution >= 0.6 is 27.5 Å². The van der Waals surface area contributed by atoms with Crippen LogP contribution in [0.3, 0.4) is 0 Å². The van der Waals surface area contributed by atoms with E-state index in [-0.39, 0.29) is 0 Å². The zero-order valence-electron chi connectivity index (χ0n) is 6.54. The maximum Gasteiger partial charge on any atom is 0.156 e. The van der Waals surface area contributed by atoms with E-state index in [0.29, 0.717) is 10.8 Å². The van der Waals surface area contributed by atoms with Crippen molar-refractivity contribution in [2.24, 2.45) is 0 Å². The van der Waals surface area contributed by atoms with Crippen LogP contribution in [0, 0.1) is 6.20 Å². The number of rotatable bonds is 1. The van der Waals surface area contributed by atoms with Gasteiger partial charge < -0.3 is 0 Å². The SMILES string of the molecule is Clc1cc(Br)cnc1-n1[c]ccc1. The summed E-state index contributed by atoms with van der Waals surface area (Å²) in [6.07, 6.45) is 6.52. The van der Waals surface area contributed by atoms with Gasteiger partial charge in [0.25, 0.3) is 0 Å². The van der Waals surface area contributed by atoms with E-state index in [4.69, 9.17) is 11.6 Å². The van der Waals surface area contributed by atoms with Gasteiger partial charge in [0.15, 0.2) is 5.82 Å². The number of nitrogens with zero attached hydrogens (tertiary/aromatic N) is 2. The Morgan fingerprint density at radius 1 is 1.54 bits per heavy atom. The molecule has 0 bridgehead atoms. The van der Waals surface area contributed by atoms with Crippen LogP contribution in [0.2, 0.25) is 5.02 Å². The molecule has 2 aromatic heterocycles. The molecule has 13 heavy (non-hydrogen) atoms. The zero-order chi connectivity index (χ0) is 9.26. The minimum Gasteiger partial charge on any atom is -0.298 e. The van der Waals surface area contributed by atoms with Gasteiger partial charge in [0.05, 0.1) is 11.2 Å². The second kappa shape index (κ2) is 3.52. The fraction of sp³-hybridized carbons (Fsp3) is 0. The second-order valence-electron chi connectivity index (χ2n) is 2.47. The van der Waals surface area contributed by atoms with E-state index in [1.165, 1.54) is 0 Å². The predicted molar refractivity (Wildman–Crippen MR) is 55.1 cm³/mol. The largest absolute Gasteiger partial charge is 0.298 e. The molecule has 0 aliphatic heterocycles. The molecule has 1 radical (unpaired) electrons. The van der Waals surface area contributed by atoms with Gasteiger partial charge in [0.1, 0.15) is 0 Å². The molecule has 2 heterocycles. The van der Waals surface area contributed by atoms with Crippen molar-refractivity contribution in [1.29, 1.82) is 0 Å². The van der Waals surface area contributed by atoms with Gasteiger partial charge in [0, 0.05) is 16.9 Å². The molecular formula is C9H5BrClN2. The average molecular weight is 257 g/mol. The quantitative estimate of drug-likeness (QED) is 0.767. The van der Waals surface area contributed by atoms with Gasteiger partial charge >= 0.3 is 0 Å². The number of hydrogen-bond acceptors (Lipinski definition) is 1. The fourth-order valence-electron chi connectivity index (χ4n) is 1.01. The Balaban J connectivity index is 2.53. The van der Waals surface area contributed by atoms with Gasteiger partial charge in [-0.3, -0.25) is 4.57 Å². The predicted octanol–water partition coefficient (Wildman–Crippen LogP) is 3.09. The Morgan fingerprint density at radius 3 is 3.00 bits per heavy atom. The molecule has 0 saturated heterocycles. The summed E-state index contributed by atoms with van der Waals surface area (Å²) in [5.74, 6) is 0.690. The maximum absolute atomic E-state index is 5.99. The molecule has 0 spiro atoms. The average Bonchev–Trinajstić information content (AvgIpc) is 2.56. The summed E-state index contributed by atoms with van der Waals surface area (Å²) in [7, 11) is 0. The van der Waals surface area contributed by atoms with Gasteiger partial charge in [-0.1, -0.05) is 11.6 Å². The number of pyridine rings is 1. The summed E-state index contributed by atoms with van der Waals surface area (Å²) in [5.41, 5.74) is 0.